The summed E-state index contributed by atoms with van der Waals surface area (Å²) < 4.78 is 18.3. The first-order valence-electron chi connectivity index (χ1n) is 6.60. The zero-order valence-electron chi connectivity index (χ0n) is 11.4. The van der Waals surface area contributed by atoms with E-state index in [-0.39, 0.29) is 17.3 Å². The second kappa shape index (κ2) is 6.12. The summed E-state index contributed by atoms with van der Waals surface area (Å²) in [6.45, 7) is -0.0218. The molecule has 3 aromatic rings. The Morgan fingerprint density at radius 3 is 2.77 bits per heavy atom. The van der Waals surface area contributed by atoms with Gasteiger partial charge in [0.15, 0.2) is 0 Å². The van der Waals surface area contributed by atoms with Gasteiger partial charge in [-0.25, -0.2) is 14.2 Å². The van der Waals surface area contributed by atoms with Crippen molar-refractivity contribution in [1.82, 2.24) is 4.98 Å². The highest BCUT2D eigenvalue weighted by atomic mass is 35.5. The molecule has 0 radical (unpaired) electrons. The van der Waals surface area contributed by atoms with Crippen LogP contribution in [0.2, 0.25) is 5.15 Å². The van der Waals surface area contributed by atoms with Crippen LogP contribution in [0, 0.1) is 5.82 Å². The van der Waals surface area contributed by atoms with Crippen molar-refractivity contribution < 1.29 is 13.9 Å². The Labute approximate surface area is 131 Å². The van der Waals surface area contributed by atoms with E-state index in [1.807, 2.05) is 30.3 Å². The van der Waals surface area contributed by atoms with Gasteiger partial charge in [0.05, 0.1) is 11.1 Å². The Bertz CT molecular complexity index is 851. The van der Waals surface area contributed by atoms with E-state index in [1.54, 1.807) is 0 Å². The topological polar surface area (TPSA) is 39.2 Å². The van der Waals surface area contributed by atoms with Crippen LogP contribution in [0.1, 0.15) is 15.9 Å². The summed E-state index contributed by atoms with van der Waals surface area (Å²) >= 11 is 6.10. The van der Waals surface area contributed by atoms with Gasteiger partial charge in [-0.3, -0.25) is 0 Å². The number of benzene rings is 2. The average Bonchev–Trinajstić information content (AvgIpc) is 2.52. The maximum atomic E-state index is 13.1. The van der Waals surface area contributed by atoms with Crippen LogP contribution in [0.5, 0.6) is 0 Å². The van der Waals surface area contributed by atoms with Gasteiger partial charge < -0.3 is 4.74 Å². The minimum atomic E-state index is -0.608. The monoisotopic (exact) mass is 315 g/mol. The van der Waals surface area contributed by atoms with E-state index in [9.17, 15) is 9.18 Å². The molecule has 0 aliphatic rings. The van der Waals surface area contributed by atoms with Gasteiger partial charge in [-0.1, -0.05) is 35.9 Å². The normalized spacial score (nSPS) is 10.6. The number of esters is 1. The predicted octanol–water partition coefficient (Wildman–Crippen LogP) is 4.38. The minimum Gasteiger partial charge on any atom is -0.457 e. The molecule has 0 saturated heterocycles. The third kappa shape index (κ3) is 3.07. The van der Waals surface area contributed by atoms with E-state index >= 15 is 0 Å². The Morgan fingerprint density at radius 2 is 1.95 bits per heavy atom. The van der Waals surface area contributed by atoms with Crippen LogP contribution in [-0.4, -0.2) is 11.0 Å². The van der Waals surface area contributed by atoms with Crippen LogP contribution in [0.15, 0.2) is 54.6 Å². The van der Waals surface area contributed by atoms with Crippen LogP contribution < -0.4 is 0 Å². The van der Waals surface area contributed by atoms with Crippen molar-refractivity contribution in [2.75, 3.05) is 0 Å². The first-order valence-corrected chi connectivity index (χ1v) is 6.98. The van der Waals surface area contributed by atoms with Gasteiger partial charge in [-0.2, -0.15) is 0 Å². The van der Waals surface area contributed by atoms with E-state index in [0.29, 0.717) is 5.56 Å². The number of ether oxygens (including phenoxy) is 1. The number of pyridine rings is 1. The van der Waals surface area contributed by atoms with Gasteiger partial charge in [0, 0.05) is 10.9 Å². The third-order valence-corrected chi connectivity index (χ3v) is 3.50. The number of carbonyl (C=O) groups is 1. The van der Waals surface area contributed by atoms with E-state index < -0.39 is 11.8 Å². The Morgan fingerprint density at radius 1 is 1.14 bits per heavy atom. The van der Waals surface area contributed by atoms with Crippen molar-refractivity contribution in [3.8, 4) is 0 Å². The van der Waals surface area contributed by atoms with Gasteiger partial charge in [0.1, 0.15) is 17.6 Å². The van der Waals surface area contributed by atoms with Crippen molar-refractivity contribution in [1.29, 1.82) is 0 Å². The Balaban J connectivity index is 1.79. The molecule has 0 spiro atoms. The molecule has 0 saturated carbocycles. The van der Waals surface area contributed by atoms with E-state index in [2.05, 4.69) is 4.98 Å². The first-order chi connectivity index (χ1) is 10.6. The molecule has 0 unspecified atom stereocenters. The molecule has 1 aromatic heterocycles. The van der Waals surface area contributed by atoms with Crippen LogP contribution in [0.25, 0.3) is 10.9 Å². The highest BCUT2D eigenvalue weighted by Crippen LogP contribution is 2.21. The zero-order valence-corrected chi connectivity index (χ0v) is 12.2. The van der Waals surface area contributed by atoms with Crippen LogP contribution in [0.3, 0.4) is 0 Å². The molecule has 0 N–H and O–H groups in total. The zero-order chi connectivity index (χ0) is 15.5. The lowest BCUT2D eigenvalue weighted by Crippen LogP contribution is -2.06. The number of aromatic nitrogens is 1. The molecule has 0 fully saturated rings. The van der Waals surface area contributed by atoms with E-state index in [4.69, 9.17) is 16.3 Å². The van der Waals surface area contributed by atoms with Crippen molar-refractivity contribution in [2.45, 2.75) is 6.61 Å². The van der Waals surface area contributed by atoms with Gasteiger partial charge in [-0.15, -0.1) is 0 Å². The second-order valence-electron chi connectivity index (χ2n) is 4.72. The number of fused-ring (bicyclic) bond motifs is 1. The molecule has 3 rings (SSSR count). The molecular formula is C17H11ClFNO2. The number of nitrogens with zero attached hydrogens (tertiary/aromatic N) is 1. The smallest absolute Gasteiger partial charge is 0.338 e. The molecule has 0 aliphatic carbocycles. The van der Waals surface area contributed by atoms with Crippen LogP contribution >= 0.6 is 11.6 Å². The minimum absolute atomic E-state index is 0.0218. The molecular weight excluding hydrogens is 305 g/mol. The fraction of sp³-hybridized carbons (Fsp3) is 0.0588. The molecule has 1 heterocycles. The van der Waals surface area contributed by atoms with Gasteiger partial charge in [0.25, 0.3) is 0 Å². The molecule has 0 amide bonds. The number of para-hydroxylation sites is 1. The Hall–Kier alpha value is -2.46. The fourth-order valence-electron chi connectivity index (χ4n) is 2.08. The molecule has 110 valence electrons. The standard InChI is InChI=1S/C17H11ClFNO2/c18-16-13(8-11-4-1-2-7-15(11)20-16)10-22-17(21)12-5-3-6-14(19)9-12/h1-9H,10H2. The molecule has 2 aromatic carbocycles. The van der Waals surface area contributed by atoms with Crippen LogP contribution in [-0.2, 0) is 11.3 Å². The summed E-state index contributed by atoms with van der Waals surface area (Å²) in [7, 11) is 0. The fourth-order valence-corrected chi connectivity index (χ4v) is 2.28. The number of hydrogen-bond acceptors (Lipinski definition) is 3. The molecule has 0 aliphatic heterocycles. The van der Waals surface area contributed by atoms with Crippen LogP contribution in [0.4, 0.5) is 4.39 Å². The highest BCUT2D eigenvalue weighted by Gasteiger charge is 2.11. The van der Waals surface area contributed by atoms with Crippen molar-refractivity contribution >= 4 is 28.5 Å². The summed E-state index contributed by atoms with van der Waals surface area (Å²) in [5, 5.41) is 1.19. The number of halogens is 2. The molecule has 0 atom stereocenters. The molecule has 22 heavy (non-hydrogen) atoms. The lowest BCUT2D eigenvalue weighted by Gasteiger charge is -2.08. The predicted molar refractivity (Wildman–Crippen MR) is 82.3 cm³/mol. The van der Waals surface area contributed by atoms with Gasteiger partial charge in [0.2, 0.25) is 0 Å². The van der Waals surface area contributed by atoms with Gasteiger partial charge in [-0.05, 0) is 30.3 Å². The molecule has 5 heteroatoms. The quantitative estimate of drug-likeness (QED) is 0.531. The van der Waals surface area contributed by atoms with Crippen molar-refractivity contribution in [2.24, 2.45) is 0 Å². The maximum absolute atomic E-state index is 13.1. The highest BCUT2D eigenvalue weighted by molar-refractivity contribution is 6.30. The lowest BCUT2D eigenvalue weighted by molar-refractivity contribution is 0.0472. The largest absolute Gasteiger partial charge is 0.457 e. The summed E-state index contributed by atoms with van der Waals surface area (Å²) in [6, 6.07) is 14.7. The van der Waals surface area contributed by atoms with Gasteiger partial charge >= 0.3 is 5.97 Å². The first kappa shape index (κ1) is 14.5. The summed E-state index contributed by atoms with van der Waals surface area (Å²) in [5.41, 5.74) is 1.53. The lowest BCUT2D eigenvalue weighted by atomic mass is 10.1. The SMILES string of the molecule is O=C(OCc1cc2ccccc2nc1Cl)c1cccc(F)c1. The third-order valence-electron chi connectivity index (χ3n) is 3.17. The molecule has 0 bridgehead atoms. The summed E-state index contributed by atoms with van der Waals surface area (Å²) in [5.74, 6) is -1.09. The summed E-state index contributed by atoms with van der Waals surface area (Å²) in [4.78, 5) is 16.1. The Kier molecular flexibility index (Phi) is 4.02. The number of rotatable bonds is 3. The van der Waals surface area contributed by atoms with E-state index in [1.165, 1.54) is 18.2 Å². The van der Waals surface area contributed by atoms with Crippen molar-refractivity contribution in [3.05, 3.63) is 76.7 Å². The van der Waals surface area contributed by atoms with E-state index in [0.717, 1.165) is 17.0 Å². The average molecular weight is 316 g/mol. The number of hydrogen-bond donors (Lipinski definition) is 0. The molecule has 3 nitrogen and oxygen atoms in total. The summed E-state index contributed by atoms with van der Waals surface area (Å²) in [6.07, 6.45) is 0. The maximum Gasteiger partial charge on any atom is 0.338 e. The van der Waals surface area contributed by atoms with Crippen molar-refractivity contribution in [3.63, 3.8) is 0 Å². The number of carbonyl (C=O) groups excluding carboxylic acids is 1. The second-order valence-corrected chi connectivity index (χ2v) is 5.08.